The van der Waals surface area contributed by atoms with Gasteiger partial charge >= 0.3 is 15.2 Å². The summed E-state index contributed by atoms with van der Waals surface area (Å²) in [6.07, 6.45) is 0. The van der Waals surface area contributed by atoms with Crippen LogP contribution in [0.15, 0.2) is 30.3 Å². The lowest BCUT2D eigenvalue weighted by Crippen LogP contribution is -2.47. The van der Waals surface area contributed by atoms with E-state index in [0.29, 0.717) is 0 Å². The van der Waals surface area contributed by atoms with Crippen molar-refractivity contribution in [2.45, 2.75) is 11.1 Å². The van der Waals surface area contributed by atoms with Crippen molar-refractivity contribution in [2.75, 3.05) is 0 Å². The Kier molecular flexibility index (Phi) is 4.17. The van der Waals surface area contributed by atoms with Crippen LogP contribution in [-0.4, -0.2) is 30.5 Å². The summed E-state index contributed by atoms with van der Waals surface area (Å²) < 4.78 is 22.4. The van der Waals surface area contributed by atoms with E-state index in [-0.39, 0.29) is 5.56 Å². The molecular weight excluding hydrogens is 284 g/mol. The maximum atomic E-state index is 11.4. The van der Waals surface area contributed by atoms with Gasteiger partial charge in [0.25, 0.3) is 0 Å². The molecule has 18 heavy (non-hydrogen) atoms. The Morgan fingerprint density at radius 1 is 1.06 bits per heavy atom. The maximum Gasteiger partial charge on any atom is 0.356 e. The molecule has 0 saturated carbocycles. The van der Waals surface area contributed by atoms with Gasteiger partial charge in [-0.05, 0) is 5.56 Å². The fourth-order valence-electron chi connectivity index (χ4n) is 1.43. The maximum absolute atomic E-state index is 11.4. The molecule has 0 spiro atoms. The highest BCUT2D eigenvalue weighted by Crippen LogP contribution is 2.62. The van der Waals surface area contributed by atoms with E-state index in [1.165, 1.54) is 18.2 Å². The predicted octanol–water partition coefficient (Wildman–Crippen LogP) is -0.528. The number of rotatable bonds is 4. The van der Waals surface area contributed by atoms with E-state index in [0.717, 1.165) is 12.1 Å². The first-order chi connectivity index (χ1) is 8.01. The molecule has 2 atom stereocenters. The largest absolute Gasteiger partial charge is 0.378 e. The molecule has 0 fully saturated rings. The lowest BCUT2D eigenvalue weighted by molar-refractivity contribution is 0.142. The average molecular weight is 297 g/mol. The SMILES string of the molecule is NC(c1ccccc1)(C(O)P(=O)(O)O)P(=O)(O)O. The van der Waals surface area contributed by atoms with Crippen LogP contribution in [-0.2, 0) is 14.4 Å². The zero-order valence-electron chi connectivity index (χ0n) is 8.99. The number of aliphatic hydroxyl groups excluding tert-OH is 1. The molecule has 10 heteroatoms. The Labute approximate surface area is 102 Å². The predicted molar refractivity (Wildman–Crippen MR) is 62.4 cm³/mol. The summed E-state index contributed by atoms with van der Waals surface area (Å²) in [5.41, 5.74) is 5.15. The highest BCUT2D eigenvalue weighted by atomic mass is 31.2. The minimum absolute atomic E-state index is 0.269. The topological polar surface area (TPSA) is 161 Å². The Morgan fingerprint density at radius 2 is 1.50 bits per heavy atom. The lowest BCUT2D eigenvalue weighted by atomic mass is 10.1. The zero-order valence-corrected chi connectivity index (χ0v) is 10.8. The van der Waals surface area contributed by atoms with Gasteiger partial charge in [-0.3, -0.25) is 9.13 Å². The first-order valence-corrected chi connectivity index (χ1v) is 7.94. The highest BCUT2D eigenvalue weighted by molar-refractivity contribution is 7.57. The molecule has 0 aliphatic heterocycles. The van der Waals surface area contributed by atoms with Gasteiger partial charge in [-0.25, -0.2) is 0 Å². The Morgan fingerprint density at radius 3 is 1.83 bits per heavy atom. The van der Waals surface area contributed by atoms with Crippen LogP contribution in [0.25, 0.3) is 0 Å². The van der Waals surface area contributed by atoms with Crippen LogP contribution >= 0.6 is 15.2 Å². The van der Waals surface area contributed by atoms with Crippen molar-refractivity contribution in [3.8, 4) is 0 Å². The van der Waals surface area contributed by atoms with E-state index in [1.54, 1.807) is 0 Å². The van der Waals surface area contributed by atoms with E-state index < -0.39 is 26.3 Å². The molecule has 0 heterocycles. The normalized spacial score (nSPS) is 18.1. The molecule has 7 N–H and O–H groups in total. The fraction of sp³-hybridized carbons (Fsp3) is 0.250. The van der Waals surface area contributed by atoms with Crippen molar-refractivity contribution in [3.05, 3.63) is 35.9 Å². The third kappa shape index (κ3) is 2.71. The number of benzene rings is 1. The van der Waals surface area contributed by atoms with Crippen molar-refractivity contribution >= 4 is 15.2 Å². The van der Waals surface area contributed by atoms with Crippen molar-refractivity contribution < 1.29 is 33.8 Å². The molecule has 0 aliphatic carbocycles. The van der Waals surface area contributed by atoms with Gasteiger partial charge in [0.05, 0.1) is 0 Å². The summed E-state index contributed by atoms with van der Waals surface area (Å²) >= 11 is 0. The average Bonchev–Trinajstić information content (AvgIpc) is 2.25. The molecule has 0 bridgehead atoms. The Balaban J connectivity index is 3.48. The van der Waals surface area contributed by atoms with Crippen LogP contribution in [0, 0.1) is 0 Å². The van der Waals surface area contributed by atoms with Gasteiger partial charge in [-0.2, -0.15) is 0 Å². The smallest absolute Gasteiger partial charge is 0.356 e. The number of nitrogens with two attached hydrogens (primary N) is 1. The number of hydrogen-bond acceptors (Lipinski definition) is 4. The van der Waals surface area contributed by atoms with Crippen molar-refractivity contribution in [1.82, 2.24) is 0 Å². The standard InChI is InChI=1S/C8H13NO7P2/c9-8(18(14,15)16,7(10)17(11,12)13)6-4-2-1-3-5-6/h1-5,7,10H,9H2,(H2,11,12,13)(H2,14,15,16). The first-order valence-electron chi connectivity index (χ1n) is 4.64. The van der Waals surface area contributed by atoms with Crippen LogP contribution in [0.4, 0.5) is 0 Å². The fourth-order valence-corrected chi connectivity index (χ4v) is 3.78. The third-order valence-corrected chi connectivity index (χ3v) is 5.15. The quantitative estimate of drug-likeness (QED) is 0.404. The second-order valence-corrected chi connectivity index (χ2v) is 7.19. The summed E-state index contributed by atoms with van der Waals surface area (Å²) in [4.78, 5) is 36.2. The van der Waals surface area contributed by atoms with Crippen LogP contribution in [0.1, 0.15) is 5.56 Å². The van der Waals surface area contributed by atoms with Gasteiger partial charge in [0, 0.05) is 0 Å². The summed E-state index contributed by atoms with van der Waals surface area (Å²) in [6, 6.07) is 6.60. The molecule has 0 saturated heterocycles. The molecule has 1 aromatic rings. The monoisotopic (exact) mass is 297 g/mol. The molecule has 8 nitrogen and oxygen atoms in total. The van der Waals surface area contributed by atoms with Crippen LogP contribution < -0.4 is 5.73 Å². The molecule has 0 radical (unpaired) electrons. The number of aliphatic hydroxyl groups is 1. The van der Waals surface area contributed by atoms with Gasteiger partial charge < -0.3 is 30.4 Å². The second-order valence-electron chi connectivity index (χ2n) is 3.70. The molecule has 0 aromatic heterocycles. The van der Waals surface area contributed by atoms with Crippen LogP contribution in [0.3, 0.4) is 0 Å². The molecule has 0 amide bonds. The molecular formula is C8H13NO7P2. The zero-order chi connectivity index (χ0) is 14.2. The van der Waals surface area contributed by atoms with Gasteiger partial charge in [0.2, 0.25) is 0 Å². The van der Waals surface area contributed by atoms with Crippen molar-refractivity contribution in [1.29, 1.82) is 0 Å². The summed E-state index contributed by atoms with van der Waals surface area (Å²) in [7, 11) is -10.4. The van der Waals surface area contributed by atoms with E-state index in [9.17, 15) is 24.0 Å². The third-order valence-electron chi connectivity index (χ3n) is 2.43. The summed E-state index contributed by atoms with van der Waals surface area (Å²) in [5.74, 6) is -2.71. The Hall–Kier alpha value is -0.560. The molecule has 1 aromatic carbocycles. The van der Waals surface area contributed by atoms with E-state index in [1.807, 2.05) is 0 Å². The van der Waals surface area contributed by atoms with Crippen molar-refractivity contribution in [2.24, 2.45) is 5.73 Å². The molecule has 102 valence electrons. The van der Waals surface area contributed by atoms with Crippen molar-refractivity contribution in [3.63, 3.8) is 0 Å². The van der Waals surface area contributed by atoms with E-state index in [2.05, 4.69) is 0 Å². The molecule has 2 unspecified atom stereocenters. The summed E-state index contributed by atoms with van der Waals surface area (Å²) in [5, 5.41) is 6.65. The minimum atomic E-state index is -5.23. The van der Waals surface area contributed by atoms with Crippen LogP contribution in [0.2, 0.25) is 0 Å². The highest BCUT2D eigenvalue weighted by Gasteiger charge is 2.57. The first kappa shape index (κ1) is 15.5. The minimum Gasteiger partial charge on any atom is -0.378 e. The van der Waals surface area contributed by atoms with Gasteiger partial charge in [0.1, 0.15) is 0 Å². The van der Waals surface area contributed by atoms with E-state index >= 15 is 0 Å². The Bertz CT molecular complexity index is 509. The second kappa shape index (κ2) is 4.85. The molecule has 0 aliphatic rings. The summed E-state index contributed by atoms with van der Waals surface area (Å²) in [6.45, 7) is 0. The van der Waals surface area contributed by atoms with E-state index in [4.69, 9.17) is 15.5 Å². The lowest BCUT2D eigenvalue weighted by Gasteiger charge is -2.34. The number of hydrogen-bond donors (Lipinski definition) is 6. The van der Waals surface area contributed by atoms with Crippen LogP contribution in [0.5, 0.6) is 0 Å². The van der Waals surface area contributed by atoms with Gasteiger partial charge in [-0.1, -0.05) is 30.3 Å². The van der Waals surface area contributed by atoms with Gasteiger partial charge in [0.15, 0.2) is 11.1 Å². The van der Waals surface area contributed by atoms with Gasteiger partial charge in [-0.15, -0.1) is 0 Å². The molecule has 1 rings (SSSR count).